The van der Waals surface area contributed by atoms with Gasteiger partial charge in [0.2, 0.25) is 0 Å². The summed E-state index contributed by atoms with van der Waals surface area (Å²) >= 11 is 0. The second-order valence-electron chi connectivity index (χ2n) is 5.16. The van der Waals surface area contributed by atoms with E-state index in [1.165, 1.54) is 6.33 Å². The van der Waals surface area contributed by atoms with Gasteiger partial charge in [0.25, 0.3) is 0 Å². The normalized spacial score (nSPS) is 9.38. The zero-order valence-corrected chi connectivity index (χ0v) is 19.4. The average molecular weight is 421 g/mol. The number of pyridine rings is 1. The van der Waals surface area contributed by atoms with Crippen molar-refractivity contribution in [3.8, 4) is 0 Å². The van der Waals surface area contributed by atoms with E-state index in [-0.39, 0.29) is 6.54 Å². The molecule has 170 valence electrons. The Kier molecular flexibility index (Phi) is 22.6. The summed E-state index contributed by atoms with van der Waals surface area (Å²) < 4.78 is 37.0. The van der Waals surface area contributed by atoms with Crippen LogP contribution >= 0.6 is 0 Å². The van der Waals surface area contributed by atoms with Crippen LogP contribution in [0.2, 0.25) is 0 Å². The quantitative estimate of drug-likeness (QED) is 0.765. The fraction of sp³-hybridized carbons (Fsp3) is 0.650. The molecule has 0 atom stereocenters. The van der Waals surface area contributed by atoms with Crippen molar-refractivity contribution in [1.82, 2.24) is 30.4 Å². The molecule has 2 N–H and O–H groups in total. The molecule has 0 amide bonds. The largest absolute Gasteiger partial charge is 0.401 e. The molecule has 29 heavy (non-hydrogen) atoms. The van der Waals surface area contributed by atoms with Crippen LogP contribution in [-0.4, -0.2) is 46.1 Å². The maximum atomic E-state index is 11.7. The zero-order chi connectivity index (χ0) is 23.3. The molecule has 0 unspecified atom stereocenters. The molecule has 0 aliphatic carbocycles. The van der Waals surface area contributed by atoms with E-state index in [1.807, 2.05) is 55.6 Å². The van der Waals surface area contributed by atoms with Crippen molar-refractivity contribution in [3.05, 3.63) is 41.7 Å². The van der Waals surface area contributed by atoms with Crippen LogP contribution in [0, 0.1) is 13.8 Å². The van der Waals surface area contributed by atoms with Crippen LogP contribution in [0.3, 0.4) is 0 Å². The molecule has 2 aromatic rings. The molecule has 0 fully saturated rings. The van der Waals surface area contributed by atoms with Crippen LogP contribution in [0.5, 0.6) is 0 Å². The lowest BCUT2D eigenvalue weighted by Crippen LogP contribution is -2.28. The molecule has 0 spiro atoms. The highest BCUT2D eigenvalue weighted by molar-refractivity contribution is 5.12. The van der Waals surface area contributed by atoms with Gasteiger partial charge in [0.05, 0.1) is 6.54 Å². The lowest BCUT2D eigenvalue weighted by atomic mass is 10.2. The Labute approximate surface area is 174 Å². The predicted molar refractivity (Wildman–Crippen MR) is 115 cm³/mol. The van der Waals surface area contributed by atoms with Crippen LogP contribution in [0.25, 0.3) is 0 Å². The standard InChI is InChI=1S/C9H11F3N2.C4H7N3.C3H9N.2C2H6/c1-7-2-3-8(5-14-7)4-13-6-9(10,11)12;1-4-5-3-6-7(4)2;1-3-4-2;2*1-2/h2-3,5,13H,4,6H2,1H3;3H,1-2H3;4H,3H2,1-2H3;2*1-2H3. The Balaban J connectivity index is -0.000000376. The zero-order valence-electron chi connectivity index (χ0n) is 19.4. The highest BCUT2D eigenvalue weighted by atomic mass is 19.4. The SMILES string of the molecule is CC.CC.CCNC.Cc1ccc(CNCC(F)(F)F)cn1.Cc1ncnn1C. The van der Waals surface area contributed by atoms with Crippen molar-refractivity contribution in [2.24, 2.45) is 7.05 Å². The van der Waals surface area contributed by atoms with Gasteiger partial charge in [-0.25, -0.2) is 4.98 Å². The molecular weight excluding hydrogens is 381 g/mol. The fourth-order valence-corrected chi connectivity index (χ4v) is 1.31. The third kappa shape index (κ3) is 22.2. The van der Waals surface area contributed by atoms with E-state index in [2.05, 4.69) is 32.6 Å². The topological polar surface area (TPSA) is 67.7 Å². The monoisotopic (exact) mass is 420 g/mol. The van der Waals surface area contributed by atoms with E-state index in [1.54, 1.807) is 23.0 Å². The van der Waals surface area contributed by atoms with Crippen LogP contribution in [0.1, 0.15) is 51.7 Å². The number of nitrogens with zero attached hydrogens (tertiary/aromatic N) is 4. The third-order valence-corrected chi connectivity index (χ3v) is 2.92. The number of alkyl halides is 3. The molecule has 2 rings (SSSR count). The second-order valence-corrected chi connectivity index (χ2v) is 5.16. The van der Waals surface area contributed by atoms with Crippen molar-refractivity contribution < 1.29 is 13.2 Å². The van der Waals surface area contributed by atoms with Crippen molar-refractivity contribution >= 4 is 0 Å². The van der Waals surface area contributed by atoms with Gasteiger partial charge in [-0.3, -0.25) is 9.67 Å². The van der Waals surface area contributed by atoms with Crippen LogP contribution in [0.4, 0.5) is 13.2 Å². The number of aromatic nitrogens is 4. The highest BCUT2D eigenvalue weighted by Gasteiger charge is 2.25. The molecule has 0 aliphatic heterocycles. The summed E-state index contributed by atoms with van der Waals surface area (Å²) in [6.07, 6.45) is -1.05. The number of hydrogen-bond acceptors (Lipinski definition) is 5. The maximum Gasteiger partial charge on any atom is 0.401 e. The number of halogens is 3. The smallest absolute Gasteiger partial charge is 0.320 e. The summed E-state index contributed by atoms with van der Waals surface area (Å²) in [4.78, 5) is 7.84. The van der Waals surface area contributed by atoms with Gasteiger partial charge in [-0.2, -0.15) is 18.3 Å². The first-order valence-electron chi connectivity index (χ1n) is 9.83. The first-order valence-corrected chi connectivity index (χ1v) is 9.83. The molecule has 0 saturated heterocycles. The summed E-state index contributed by atoms with van der Waals surface area (Å²) in [6, 6.07) is 3.52. The lowest BCUT2D eigenvalue weighted by Gasteiger charge is -2.07. The Bertz CT molecular complexity index is 550. The van der Waals surface area contributed by atoms with Crippen LogP contribution in [-0.2, 0) is 13.6 Å². The van der Waals surface area contributed by atoms with Gasteiger partial charge in [-0.05, 0) is 39.1 Å². The van der Waals surface area contributed by atoms with Gasteiger partial charge < -0.3 is 10.6 Å². The van der Waals surface area contributed by atoms with E-state index in [0.717, 1.165) is 23.6 Å². The van der Waals surface area contributed by atoms with E-state index in [4.69, 9.17) is 0 Å². The van der Waals surface area contributed by atoms with Gasteiger partial charge in [0, 0.05) is 25.5 Å². The number of aryl methyl sites for hydroxylation is 3. The molecule has 0 radical (unpaired) electrons. The molecule has 0 aromatic carbocycles. The summed E-state index contributed by atoms with van der Waals surface area (Å²) in [5.74, 6) is 0.944. The molecule has 0 aliphatic rings. The van der Waals surface area contributed by atoms with E-state index in [0.29, 0.717) is 0 Å². The van der Waals surface area contributed by atoms with Crippen LogP contribution in [0.15, 0.2) is 24.7 Å². The lowest BCUT2D eigenvalue weighted by molar-refractivity contribution is -0.125. The van der Waals surface area contributed by atoms with Crippen molar-refractivity contribution in [3.63, 3.8) is 0 Å². The summed E-state index contributed by atoms with van der Waals surface area (Å²) in [5, 5.41) is 9.05. The number of hydrogen-bond donors (Lipinski definition) is 2. The minimum Gasteiger partial charge on any atom is -0.320 e. The first kappa shape index (κ1) is 31.7. The Morgan fingerprint density at radius 3 is 1.86 bits per heavy atom. The van der Waals surface area contributed by atoms with Gasteiger partial charge >= 0.3 is 6.18 Å². The average Bonchev–Trinajstić information content (AvgIpc) is 3.09. The first-order chi connectivity index (χ1) is 13.7. The molecular formula is C20H39F3N6. The molecule has 2 heterocycles. The maximum absolute atomic E-state index is 11.7. The van der Waals surface area contributed by atoms with E-state index < -0.39 is 12.7 Å². The van der Waals surface area contributed by atoms with E-state index >= 15 is 0 Å². The Morgan fingerprint density at radius 1 is 1.03 bits per heavy atom. The minimum atomic E-state index is -4.15. The van der Waals surface area contributed by atoms with Crippen molar-refractivity contribution in [1.29, 1.82) is 0 Å². The second kappa shape index (κ2) is 20.7. The Morgan fingerprint density at radius 2 is 1.59 bits per heavy atom. The van der Waals surface area contributed by atoms with Gasteiger partial charge in [-0.15, -0.1) is 0 Å². The molecule has 9 heteroatoms. The summed E-state index contributed by atoms with van der Waals surface area (Å²) in [6.45, 7) is 14.1. The molecule has 6 nitrogen and oxygen atoms in total. The predicted octanol–water partition coefficient (Wildman–Crippen LogP) is 4.44. The molecule has 0 saturated carbocycles. The minimum absolute atomic E-state index is 0.187. The van der Waals surface area contributed by atoms with Gasteiger partial charge in [-0.1, -0.05) is 40.7 Å². The summed E-state index contributed by atoms with van der Waals surface area (Å²) in [5.41, 5.74) is 1.60. The van der Waals surface area contributed by atoms with Gasteiger partial charge in [0.1, 0.15) is 12.2 Å². The van der Waals surface area contributed by atoms with Crippen LogP contribution < -0.4 is 10.6 Å². The van der Waals surface area contributed by atoms with Crippen molar-refractivity contribution in [2.45, 2.75) is 61.2 Å². The number of nitrogens with one attached hydrogen (secondary N) is 2. The van der Waals surface area contributed by atoms with Crippen molar-refractivity contribution in [2.75, 3.05) is 20.1 Å². The molecule has 2 aromatic heterocycles. The van der Waals surface area contributed by atoms with Gasteiger partial charge in [0.15, 0.2) is 0 Å². The highest BCUT2D eigenvalue weighted by Crippen LogP contribution is 2.12. The van der Waals surface area contributed by atoms with E-state index in [9.17, 15) is 13.2 Å². The third-order valence-electron chi connectivity index (χ3n) is 2.92. The number of rotatable bonds is 4. The Hall–Kier alpha value is -2.00. The fourth-order valence-electron chi connectivity index (χ4n) is 1.31. The molecule has 0 bridgehead atoms. The summed E-state index contributed by atoms with van der Waals surface area (Å²) in [7, 11) is 3.79.